The molecule has 0 aromatic heterocycles. The van der Waals surface area contributed by atoms with Crippen LogP contribution in [0.25, 0.3) is 11.1 Å². The molecule has 1 aliphatic rings. The van der Waals surface area contributed by atoms with E-state index in [0.29, 0.717) is 17.7 Å². The number of hydrogen-bond donors (Lipinski definition) is 2. The molecule has 4 aromatic carbocycles. The van der Waals surface area contributed by atoms with Crippen molar-refractivity contribution < 1.29 is 14.7 Å². The number of nitrogens with one attached hydrogen (secondary N) is 1. The minimum atomic E-state index is -0.925. The van der Waals surface area contributed by atoms with Crippen molar-refractivity contribution in [3.05, 3.63) is 123 Å². The van der Waals surface area contributed by atoms with E-state index in [1.54, 1.807) is 12.1 Å². The molecular formula is C31H27BrN2O3. The Morgan fingerprint density at radius 1 is 0.892 bits per heavy atom. The predicted octanol–water partition coefficient (Wildman–Crippen LogP) is 6.70. The topological polar surface area (TPSA) is 69.6 Å². The van der Waals surface area contributed by atoms with E-state index in [9.17, 15) is 14.7 Å². The van der Waals surface area contributed by atoms with Crippen LogP contribution in [0.3, 0.4) is 0 Å². The lowest BCUT2D eigenvalue weighted by molar-refractivity contribution is 0.0697. The number of anilines is 1. The van der Waals surface area contributed by atoms with Gasteiger partial charge in [-0.1, -0.05) is 70.5 Å². The lowest BCUT2D eigenvalue weighted by atomic mass is 9.97. The minimum absolute atomic E-state index is 0.0694. The van der Waals surface area contributed by atoms with Gasteiger partial charge >= 0.3 is 5.97 Å². The summed E-state index contributed by atoms with van der Waals surface area (Å²) in [6.45, 7) is 2.19. The average Bonchev–Trinajstić information content (AvgIpc) is 2.93. The van der Waals surface area contributed by atoms with Gasteiger partial charge in [0.1, 0.15) is 0 Å². The smallest absolute Gasteiger partial charge is 0.336 e. The Kier molecular flexibility index (Phi) is 7.37. The summed E-state index contributed by atoms with van der Waals surface area (Å²) < 4.78 is 1.02. The van der Waals surface area contributed by atoms with E-state index < -0.39 is 5.97 Å². The van der Waals surface area contributed by atoms with Crippen molar-refractivity contribution >= 4 is 33.5 Å². The third kappa shape index (κ3) is 5.75. The second kappa shape index (κ2) is 11.0. The number of nitrogens with zero attached hydrogens (tertiary/aromatic N) is 1. The van der Waals surface area contributed by atoms with Gasteiger partial charge in [0.15, 0.2) is 0 Å². The quantitative estimate of drug-likeness (QED) is 0.267. The molecule has 2 N–H and O–H groups in total. The van der Waals surface area contributed by atoms with Crippen molar-refractivity contribution in [1.29, 1.82) is 0 Å². The molecule has 0 radical (unpaired) electrons. The van der Waals surface area contributed by atoms with Crippen LogP contribution >= 0.6 is 15.9 Å². The molecule has 0 aliphatic carbocycles. The molecule has 0 saturated carbocycles. The van der Waals surface area contributed by atoms with Crippen molar-refractivity contribution in [2.45, 2.75) is 25.9 Å². The van der Waals surface area contributed by atoms with Gasteiger partial charge in [0.25, 0.3) is 5.91 Å². The lowest BCUT2D eigenvalue weighted by Gasteiger charge is -2.31. The summed E-state index contributed by atoms with van der Waals surface area (Å²) in [5, 5.41) is 12.5. The Bertz CT molecular complexity index is 1430. The van der Waals surface area contributed by atoms with Crippen molar-refractivity contribution in [2.24, 2.45) is 0 Å². The molecular weight excluding hydrogens is 528 g/mol. The first-order valence-electron chi connectivity index (χ1n) is 12.3. The summed E-state index contributed by atoms with van der Waals surface area (Å²) in [5.74, 6) is -0.994. The Hall–Kier alpha value is -3.90. The molecule has 0 fully saturated rings. The van der Waals surface area contributed by atoms with Crippen molar-refractivity contribution in [1.82, 2.24) is 5.32 Å². The van der Waals surface area contributed by atoms with Crippen LogP contribution in [0.4, 0.5) is 5.69 Å². The summed E-state index contributed by atoms with van der Waals surface area (Å²) in [6.07, 6.45) is 1.98. The summed E-state index contributed by atoms with van der Waals surface area (Å²) in [6, 6.07) is 29.1. The molecule has 0 saturated heterocycles. The van der Waals surface area contributed by atoms with Crippen LogP contribution in [-0.2, 0) is 19.5 Å². The largest absolute Gasteiger partial charge is 0.478 e. The Morgan fingerprint density at radius 2 is 1.62 bits per heavy atom. The standard InChI is InChI=1S/C31H27BrN2O3/c32-26-14-9-21(10-15-26)19-33-30(35)25-13-16-29-24(18-25)4-3-17-34(29)20-22-7-11-23(12-8-22)27-5-1-2-6-28(27)31(36)37/h1-2,5-16,18H,3-4,17,19-20H2,(H,33,35)(H,36,37). The molecule has 5 rings (SSSR count). The fourth-order valence-electron chi connectivity index (χ4n) is 4.80. The molecule has 37 heavy (non-hydrogen) atoms. The molecule has 6 heteroatoms. The van der Waals surface area contributed by atoms with Gasteiger partial charge in [-0.25, -0.2) is 4.79 Å². The summed E-state index contributed by atoms with van der Waals surface area (Å²) in [5.41, 5.74) is 7.15. The first-order valence-corrected chi connectivity index (χ1v) is 13.1. The maximum absolute atomic E-state index is 12.8. The predicted molar refractivity (Wildman–Crippen MR) is 150 cm³/mol. The van der Waals surface area contributed by atoms with Crippen LogP contribution in [-0.4, -0.2) is 23.5 Å². The SMILES string of the molecule is O=C(NCc1ccc(Br)cc1)c1ccc2c(c1)CCCN2Cc1ccc(-c2ccccc2C(=O)O)cc1. The summed E-state index contributed by atoms with van der Waals surface area (Å²) in [4.78, 5) is 26.7. The molecule has 5 nitrogen and oxygen atoms in total. The fourth-order valence-corrected chi connectivity index (χ4v) is 5.06. The summed E-state index contributed by atoms with van der Waals surface area (Å²) in [7, 11) is 0. The van der Waals surface area contributed by atoms with Gasteiger partial charge in [-0.05, 0) is 77.1 Å². The van der Waals surface area contributed by atoms with Gasteiger partial charge in [0.2, 0.25) is 0 Å². The Labute approximate surface area is 224 Å². The molecule has 0 unspecified atom stereocenters. The number of carboxylic acid groups (broad SMARTS) is 1. The van der Waals surface area contributed by atoms with Gasteiger partial charge in [0, 0.05) is 35.4 Å². The van der Waals surface area contributed by atoms with Gasteiger partial charge in [-0.3, -0.25) is 4.79 Å². The van der Waals surface area contributed by atoms with E-state index in [-0.39, 0.29) is 5.91 Å². The van der Waals surface area contributed by atoms with Gasteiger partial charge < -0.3 is 15.3 Å². The van der Waals surface area contributed by atoms with E-state index in [1.807, 2.05) is 60.7 Å². The van der Waals surface area contributed by atoms with E-state index in [1.165, 1.54) is 5.56 Å². The van der Waals surface area contributed by atoms with E-state index in [0.717, 1.165) is 58.3 Å². The molecule has 0 atom stereocenters. The number of carbonyl (C=O) groups is 2. The Balaban J connectivity index is 1.27. The number of aryl methyl sites for hydroxylation is 1. The van der Waals surface area contributed by atoms with Gasteiger partial charge in [-0.15, -0.1) is 0 Å². The number of benzene rings is 4. The second-order valence-corrected chi connectivity index (χ2v) is 10.1. The highest BCUT2D eigenvalue weighted by Crippen LogP contribution is 2.30. The molecule has 1 amide bonds. The molecule has 4 aromatic rings. The van der Waals surface area contributed by atoms with Crippen LogP contribution in [0.1, 0.15) is 43.8 Å². The second-order valence-electron chi connectivity index (χ2n) is 9.23. The normalized spacial score (nSPS) is 12.6. The van der Waals surface area contributed by atoms with Crippen molar-refractivity contribution in [3.8, 4) is 11.1 Å². The molecule has 186 valence electrons. The minimum Gasteiger partial charge on any atom is -0.478 e. The number of carboxylic acids is 1. The number of halogens is 1. The van der Waals surface area contributed by atoms with Crippen LogP contribution in [0.15, 0.2) is 95.5 Å². The average molecular weight is 555 g/mol. The highest BCUT2D eigenvalue weighted by atomic mass is 79.9. The third-order valence-corrected chi connectivity index (χ3v) is 7.25. The highest BCUT2D eigenvalue weighted by molar-refractivity contribution is 9.10. The van der Waals surface area contributed by atoms with Crippen molar-refractivity contribution in [3.63, 3.8) is 0 Å². The number of amides is 1. The zero-order valence-corrected chi connectivity index (χ0v) is 21.9. The monoisotopic (exact) mass is 554 g/mol. The number of carbonyl (C=O) groups excluding carboxylic acids is 1. The van der Waals surface area contributed by atoms with Gasteiger partial charge in [0.05, 0.1) is 5.56 Å². The third-order valence-electron chi connectivity index (χ3n) is 6.72. The number of hydrogen-bond acceptors (Lipinski definition) is 3. The van der Waals surface area contributed by atoms with Crippen LogP contribution in [0.5, 0.6) is 0 Å². The van der Waals surface area contributed by atoms with Crippen LogP contribution in [0.2, 0.25) is 0 Å². The zero-order valence-electron chi connectivity index (χ0n) is 20.3. The molecule has 1 aliphatic heterocycles. The Morgan fingerprint density at radius 3 is 2.38 bits per heavy atom. The van der Waals surface area contributed by atoms with Crippen molar-refractivity contribution in [2.75, 3.05) is 11.4 Å². The maximum Gasteiger partial charge on any atom is 0.336 e. The number of rotatable bonds is 7. The van der Waals surface area contributed by atoms with Crippen LogP contribution in [0, 0.1) is 0 Å². The van der Waals surface area contributed by atoms with E-state index in [2.05, 4.69) is 44.3 Å². The lowest BCUT2D eigenvalue weighted by Crippen LogP contribution is -2.29. The number of fused-ring (bicyclic) bond motifs is 1. The first kappa shape index (κ1) is 24.8. The maximum atomic E-state index is 12.8. The highest BCUT2D eigenvalue weighted by Gasteiger charge is 2.19. The van der Waals surface area contributed by atoms with E-state index >= 15 is 0 Å². The number of aromatic carboxylic acids is 1. The molecule has 1 heterocycles. The van der Waals surface area contributed by atoms with E-state index in [4.69, 9.17) is 0 Å². The fraction of sp³-hybridized carbons (Fsp3) is 0.161. The molecule has 0 spiro atoms. The summed E-state index contributed by atoms with van der Waals surface area (Å²) >= 11 is 3.43. The molecule has 0 bridgehead atoms. The van der Waals surface area contributed by atoms with Crippen LogP contribution < -0.4 is 10.2 Å². The first-order chi connectivity index (χ1) is 18.0. The van der Waals surface area contributed by atoms with Gasteiger partial charge in [-0.2, -0.15) is 0 Å². The zero-order chi connectivity index (χ0) is 25.8.